The lowest BCUT2D eigenvalue weighted by Crippen LogP contribution is -2.51. The van der Waals surface area contributed by atoms with E-state index in [1.807, 2.05) is 74.1 Å². The Labute approximate surface area is 817 Å². The maximum absolute atomic E-state index is 12.0. The molecule has 0 atom stereocenters. The molecular weight excluding hydrogens is 1760 g/mol. The topological polar surface area (TPSA) is 221 Å². The summed E-state index contributed by atoms with van der Waals surface area (Å²) in [6.45, 7) is 69.8. The van der Waals surface area contributed by atoms with Crippen molar-refractivity contribution in [3.63, 3.8) is 0 Å². The van der Waals surface area contributed by atoms with Crippen molar-refractivity contribution in [2.45, 2.75) is 279 Å². The third-order valence-corrected chi connectivity index (χ3v) is 28.5. The van der Waals surface area contributed by atoms with Crippen LogP contribution in [-0.4, -0.2) is 235 Å². The van der Waals surface area contributed by atoms with Gasteiger partial charge in [0.05, 0.1) is 74.0 Å². The highest BCUT2D eigenvalue weighted by atomic mass is 32.2. The van der Waals surface area contributed by atoms with Gasteiger partial charge in [-0.15, -0.1) is 0 Å². The van der Waals surface area contributed by atoms with Crippen LogP contribution < -0.4 is 28.9 Å². The fourth-order valence-corrected chi connectivity index (χ4v) is 17.7. The van der Waals surface area contributed by atoms with E-state index >= 15 is 0 Å². The molecule has 0 unspecified atom stereocenters. The number of anilines is 3. The first-order valence-electron chi connectivity index (χ1n) is 48.2. The highest BCUT2D eigenvalue weighted by molar-refractivity contribution is 7.89. The Morgan fingerprint density at radius 3 is 1.24 bits per heavy atom. The predicted molar refractivity (Wildman–Crippen MR) is 556 cm³/mol. The Kier molecular flexibility index (Phi) is 40.8. The van der Waals surface area contributed by atoms with Gasteiger partial charge in [0.15, 0.2) is 11.5 Å². The molecule has 9 heterocycles. The number of fused-ring (bicyclic) bond motifs is 1. The Hall–Kier alpha value is -9.03. The van der Waals surface area contributed by atoms with E-state index in [4.69, 9.17) is 23.7 Å². The number of piperazine rings is 3. The number of benzene rings is 5. The van der Waals surface area contributed by atoms with Gasteiger partial charge in [-0.25, -0.2) is 29.9 Å². The maximum atomic E-state index is 12.0. The molecule has 5 aliphatic heterocycles. The predicted octanol–water partition coefficient (Wildman–Crippen LogP) is 20.8. The van der Waals surface area contributed by atoms with Crippen molar-refractivity contribution in [3.05, 3.63) is 197 Å². The van der Waals surface area contributed by atoms with E-state index in [0.29, 0.717) is 41.3 Å². The summed E-state index contributed by atoms with van der Waals surface area (Å²) in [4.78, 5) is 27.9. The highest BCUT2D eigenvalue weighted by Crippen LogP contribution is 2.42. The van der Waals surface area contributed by atoms with Gasteiger partial charge in [0.2, 0.25) is 31.7 Å². The summed E-state index contributed by atoms with van der Waals surface area (Å²) in [7, 11) is 3.57. The molecule has 0 spiro atoms. The van der Waals surface area contributed by atoms with Crippen LogP contribution >= 0.6 is 0 Å². The lowest BCUT2D eigenvalue weighted by Gasteiger charge is -2.41. The monoisotopic (exact) mass is 1920 g/mol. The number of aromatic nitrogens is 7. The minimum atomic E-state index is -3.31. The summed E-state index contributed by atoms with van der Waals surface area (Å²) in [6.07, 6.45) is 13.1. The number of amides is 1. The molecule has 1 amide bonds. The molecule has 9 aromatic rings. The van der Waals surface area contributed by atoms with Gasteiger partial charge in [-0.1, -0.05) is 209 Å². The molecule has 756 valence electrons. The summed E-state index contributed by atoms with van der Waals surface area (Å²) < 4.78 is 105. The van der Waals surface area contributed by atoms with E-state index < -0.39 is 26.5 Å². The standard InChI is InChI=1S/C18H29N3O.C16H24N2O.C15H24N2O2S.C13H18N2.C13H20O3.C12H20N2O.C12H19NO2S.C9H14F2N2/c1-18(2,3)17-5-4-16(14-19-17)21-10-8-20(9-11-21)15-6-12-22-13-7-15;1-13(19)17-9-11-18(12-10-17)15-7-5-14(6-8-15)16(2,3)4;1-15(2,3)13-5-7-14(8-6-13)16-9-11-17(12-10-16)20(4,18)19;1-9-11-8-10(13(2,3)4)6-7-12(11)15(5)14-9;1-13(2,3)9-7-10(14-4)12(16-6)11(8-9)15-5;1-12(2,3)10-8-13-14(9-10)11-4-6-15-7-5-11;1-12(2,3)10-6-8-11(9-7-10)16(14,15)13(4)5;1-9(2,3)7-4-12-13(5-7)6-8(10)11/h4-5,14-15H,6-13H2,1-3H3;5-8H,9-12H2,1-4H3;5-8H,9-12H2,1-4H3;6-8H,1-5H3;7-8H,1-6H3;8-9,11H,4-7H2,1-3H3;6-9H,1-5H3;4-5,8H,6H2,1-3H3. The van der Waals surface area contributed by atoms with Crippen LogP contribution in [0.5, 0.6) is 17.2 Å². The second-order valence-electron chi connectivity index (χ2n) is 44.6. The van der Waals surface area contributed by atoms with Crippen molar-refractivity contribution in [2.75, 3.05) is 161 Å². The number of halogens is 2. The van der Waals surface area contributed by atoms with E-state index in [9.17, 15) is 30.4 Å². The molecule has 0 bridgehead atoms. The first-order valence-corrected chi connectivity index (χ1v) is 51.5. The summed E-state index contributed by atoms with van der Waals surface area (Å²) in [5.74, 6) is 2.22. The number of aryl methyl sites for hydroxylation is 2. The Morgan fingerprint density at radius 1 is 0.463 bits per heavy atom. The van der Waals surface area contributed by atoms with Crippen LogP contribution in [0.1, 0.15) is 255 Å². The fourth-order valence-electron chi connectivity index (χ4n) is 15.9. The second kappa shape index (κ2) is 48.7. The molecule has 0 radical (unpaired) electrons. The number of ether oxygens (including phenoxy) is 5. The molecule has 0 N–H and O–H groups in total. The average molecular weight is 1920 g/mol. The summed E-state index contributed by atoms with van der Waals surface area (Å²) >= 11 is 0. The van der Waals surface area contributed by atoms with Crippen LogP contribution in [0.2, 0.25) is 0 Å². The highest BCUT2D eigenvalue weighted by Gasteiger charge is 2.31. The molecule has 28 heteroatoms. The minimum Gasteiger partial charge on any atom is -0.493 e. The number of sulfonamides is 2. The zero-order valence-electron chi connectivity index (χ0n) is 88.9. The van der Waals surface area contributed by atoms with Crippen LogP contribution in [0, 0.1) is 6.92 Å². The molecule has 5 aliphatic rings. The van der Waals surface area contributed by atoms with Crippen LogP contribution in [0.3, 0.4) is 0 Å². The van der Waals surface area contributed by atoms with Crippen molar-refractivity contribution in [1.82, 2.24) is 52.7 Å². The van der Waals surface area contributed by atoms with E-state index in [-0.39, 0.29) is 55.8 Å². The van der Waals surface area contributed by atoms with Gasteiger partial charge in [0, 0.05) is 179 Å². The molecule has 0 aliphatic carbocycles. The average Bonchev–Trinajstić information content (AvgIpc) is 1.23. The van der Waals surface area contributed by atoms with Crippen LogP contribution in [0.4, 0.5) is 25.8 Å². The van der Waals surface area contributed by atoms with E-state index in [1.54, 1.807) is 57.1 Å². The van der Waals surface area contributed by atoms with Crippen LogP contribution in [-0.2, 0) is 91.2 Å². The number of rotatable bonds is 13. The molecular formula is C108H168F2N14O10S2. The van der Waals surface area contributed by atoms with Gasteiger partial charge in [-0.3, -0.25) is 28.7 Å². The van der Waals surface area contributed by atoms with E-state index in [2.05, 4.69) is 282 Å². The van der Waals surface area contributed by atoms with Crippen LogP contribution in [0.15, 0.2) is 151 Å². The molecule has 5 saturated heterocycles. The third kappa shape index (κ3) is 34.5. The number of hydrogen-bond donors (Lipinski definition) is 0. The van der Waals surface area contributed by atoms with Crippen molar-refractivity contribution >= 4 is 53.9 Å². The molecule has 4 aromatic heterocycles. The Bertz CT molecular complexity index is 5350. The maximum Gasteiger partial charge on any atom is 0.257 e. The number of carbonyl (C=O) groups is 1. The SMILES string of the molecule is CC(=O)N1CCN(c2ccc(C(C)(C)C)cc2)CC1.CC(C)(C)c1ccc(N2CCN(C3CCOCC3)CC2)cn1.CC(C)(C)c1ccc(N2CCN(S(C)(=O)=O)CC2)cc1.CC(C)(C)c1cnn(C2CCOCC2)c1.CC(C)(C)c1cnn(CC(F)F)c1.CN(C)S(=O)(=O)c1ccc(C(C)(C)C)cc1.COc1cc(C(C)(C)C)cc(OC)c1OC.Cc1nn(C)c2ccc(C(C)(C)C)cc12. The number of pyridine rings is 1. The Morgan fingerprint density at radius 2 is 0.860 bits per heavy atom. The van der Waals surface area contributed by atoms with E-state index in [1.165, 1.54) is 92.4 Å². The number of methoxy groups -OCH3 is 3. The van der Waals surface area contributed by atoms with Gasteiger partial charge in [-0.05, 0) is 182 Å². The summed E-state index contributed by atoms with van der Waals surface area (Å²) in [5, 5.41) is 14.0. The molecule has 5 aromatic carbocycles. The van der Waals surface area contributed by atoms with Gasteiger partial charge >= 0.3 is 0 Å². The molecule has 5 fully saturated rings. The molecule has 136 heavy (non-hydrogen) atoms. The largest absolute Gasteiger partial charge is 0.493 e. The number of hydrogen-bond acceptors (Lipinski definition) is 18. The van der Waals surface area contributed by atoms with Gasteiger partial charge in [-0.2, -0.15) is 19.6 Å². The Balaban J connectivity index is 0.000000213. The lowest BCUT2D eigenvalue weighted by molar-refractivity contribution is -0.129. The van der Waals surface area contributed by atoms with Crippen molar-refractivity contribution in [2.24, 2.45) is 7.05 Å². The molecule has 24 nitrogen and oxygen atoms in total. The lowest BCUT2D eigenvalue weighted by atomic mass is 9.86. The fraction of sp³-hybridized carbons (Fsp3) is 0.602. The molecule has 0 saturated carbocycles. The number of carbonyl (C=O) groups excluding carboxylic acids is 1. The number of alkyl halides is 2. The van der Waals surface area contributed by atoms with Crippen LogP contribution in [0.25, 0.3) is 10.9 Å². The van der Waals surface area contributed by atoms with Crippen molar-refractivity contribution < 1.29 is 54.1 Å². The number of nitrogens with zero attached hydrogens (tertiary/aromatic N) is 14. The van der Waals surface area contributed by atoms with Gasteiger partial charge in [0.25, 0.3) is 6.43 Å². The molecule has 14 rings (SSSR count). The third-order valence-electron chi connectivity index (χ3n) is 25.3. The van der Waals surface area contributed by atoms with Crippen molar-refractivity contribution in [1.29, 1.82) is 0 Å². The quantitative estimate of drug-likeness (QED) is 0.105. The van der Waals surface area contributed by atoms with Gasteiger partial charge < -0.3 is 43.3 Å². The smallest absolute Gasteiger partial charge is 0.257 e. The summed E-state index contributed by atoms with van der Waals surface area (Å²) in [6, 6.07) is 40.8. The second-order valence-corrected chi connectivity index (χ2v) is 48.7. The first kappa shape index (κ1) is 114. The normalized spacial score (nSPS) is 16.1. The first-order chi connectivity index (χ1) is 63.0. The minimum absolute atomic E-state index is 0.0274. The summed E-state index contributed by atoms with van der Waals surface area (Å²) in [5.41, 5.74) is 16.8. The zero-order chi connectivity index (χ0) is 102. The van der Waals surface area contributed by atoms with Crippen molar-refractivity contribution in [3.8, 4) is 17.2 Å². The van der Waals surface area contributed by atoms with Gasteiger partial charge in [0.1, 0.15) is 6.54 Å². The van der Waals surface area contributed by atoms with E-state index in [0.717, 1.165) is 139 Å². The zero-order valence-corrected chi connectivity index (χ0v) is 90.5.